The molecule has 7 heteroatoms. The third-order valence-electron chi connectivity index (χ3n) is 3.09. The minimum absolute atomic E-state index is 0.113. The van der Waals surface area contributed by atoms with E-state index in [4.69, 9.17) is 5.26 Å². The molecule has 1 N–H and O–H groups in total. The van der Waals surface area contributed by atoms with Crippen LogP contribution in [0.15, 0.2) is 23.1 Å². The van der Waals surface area contributed by atoms with Crippen molar-refractivity contribution in [3.05, 3.63) is 29.6 Å². The van der Waals surface area contributed by atoms with E-state index in [2.05, 4.69) is 5.32 Å². The number of sulfonamides is 1. The summed E-state index contributed by atoms with van der Waals surface area (Å²) >= 11 is 0. The third-order valence-corrected chi connectivity index (χ3v) is 5.00. The number of piperazine rings is 1. The van der Waals surface area contributed by atoms with Crippen LogP contribution in [-0.2, 0) is 10.0 Å². The van der Waals surface area contributed by atoms with Crippen molar-refractivity contribution in [1.29, 1.82) is 5.26 Å². The molecule has 1 aromatic rings. The number of rotatable bonds is 2. The van der Waals surface area contributed by atoms with Crippen LogP contribution in [0.1, 0.15) is 5.56 Å². The van der Waals surface area contributed by atoms with E-state index in [9.17, 15) is 12.8 Å². The van der Waals surface area contributed by atoms with Gasteiger partial charge in [-0.15, -0.1) is 0 Å². The maximum atomic E-state index is 13.5. The molecule has 0 bridgehead atoms. The molecule has 2 rings (SSSR count). The van der Waals surface area contributed by atoms with E-state index in [0.29, 0.717) is 12.1 Å². The summed E-state index contributed by atoms with van der Waals surface area (Å²) in [5.41, 5.74) is 0.385. The number of benzene rings is 1. The van der Waals surface area contributed by atoms with Crippen molar-refractivity contribution < 1.29 is 12.8 Å². The lowest BCUT2D eigenvalue weighted by Gasteiger charge is -2.30. The molecule has 102 valence electrons. The van der Waals surface area contributed by atoms with E-state index < -0.39 is 21.9 Å². The first kappa shape index (κ1) is 13.9. The first-order valence-corrected chi connectivity index (χ1v) is 7.29. The fraction of sp³-hybridized carbons (Fsp3) is 0.417. The molecular formula is C12H14FN3O2S. The van der Waals surface area contributed by atoms with Gasteiger partial charge in [0.15, 0.2) is 0 Å². The molecule has 5 nitrogen and oxygen atoms in total. The second kappa shape index (κ2) is 5.25. The number of nitriles is 1. The highest BCUT2D eigenvalue weighted by Crippen LogP contribution is 2.21. The molecule has 1 aromatic carbocycles. The number of halogens is 1. The van der Waals surface area contributed by atoms with Gasteiger partial charge in [-0.1, -0.05) is 6.07 Å². The van der Waals surface area contributed by atoms with Crippen LogP contribution in [0, 0.1) is 24.1 Å². The van der Waals surface area contributed by atoms with Gasteiger partial charge >= 0.3 is 0 Å². The topological polar surface area (TPSA) is 73.2 Å². The van der Waals surface area contributed by atoms with Crippen LogP contribution >= 0.6 is 0 Å². The molecule has 0 saturated carbocycles. The van der Waals surface area contributed by atoms with Crippen molar-refractivity contribution in [2.24, 2.45) is 0 Å². The van der Waals surface area contributed by atoms with Gasteiger partial charge in [-0.05, 0) is 24.6 Å². The Morgan fingerprint density at radius 1 is 1.53 bits per heavy atom. The molecule has 19 heavy (non-hydrogen) atoms. The van der Waals surface area contributed by atoms with Crippen LogP contribution in [-0.4, -0.2) is 38.4 Å². The van der Waals surface area contributed by atoms with E-state index in [1.807, 2.05) is 6.07 Å². The van der Waals surface area contributed by atoms with Gasteiger partial charge in [0.2, 0.25) is 10.0 Å². The number of nitrogens with one attached hydrogen (secondary N) is 1. The Labute approximate surface area is 111 Å². The number of hydrogen-bond acceptors (Lipinski definition) is 4. The molecule has 0 radical (unpaired) electrons. The van der Waals surface area contributed by atoms with Gasteiger partial charge in [0.05, 0.1) is 11.0 Å². The van der Waals surface area contributed by atoms with Gasteiger partial charge in [-0.25, -0.2) is 12.8 Å². The maximum absolute atomic E-state index is 13.5. The zero-order valence-corrected chi connectivity index (χ0v) is 11.2. The SMILES string of the molecule is Cc1ccc(S(=O)(=O)N2CCNCC2C#N)cc1F. The molecule has 1 aliphatic rings. The summed E-state index contributed by atoms with van der Waals surface area (Å²) in [6.07, 6.45) is 0. The van der Waals surface area contributed by atoms with Crippen molar-refractivity contribution in [1.82, 2.24) is 9.62 Å². The summed E-state index contributed by atoms with van der Waals surface area (Å²) in [6.45, 7) is 2.53. The standard InChI is InChI=1S/C12H14FN3O2S/c1-9-2-3-11(6-12(9)13)19(17,18)16-5-4-15-8-10(16)7-14/h2-3,6,10,15H,4-5,8H2,1H3. The van der Waals surface area contributed by atoms with Crippen molar-refractivity contribution in [2.75, 3.05) is 19.6 Å². The first-order valence-electron chi connectivity index (χ1n) is 5.85. The molecule has 1 heterocycles. The highest BCUT2D eigenvalue weighted by molar-refractivity contribution is 7.89. The normalized spacial score (nSPS) is 21.0. The monoisotopic (exact) mass is 283 g/mol. The van der Waals surface area contributed by atoms with Gasteiger partial charge in [0.25, 0.3) is 0 Å². The fourth-order valence-electron chi connectivity index (χ4n) is 1.95. The quantitative estimate of drug-likeness (QED) is 0.863. The average Bonchev–Trinajstić information content (AvgIpc) is 2.41. The minimum atomic E-state index is -3.83. The second-order valence-electron chi connectivity index (χ2n) is 4.38. The number of aryl methyl sites for hydroxylation is 1. The molecule has 1 saturated heterocycles. The second-order valence-corrected chi connectivity index (χ2v) is 6.27. The van der Waals surface area contributed by atoms with Gasteiger partial charge < -0.3 is 5.32 Å². The van der Waals surface area contributed by atoms with Crippen LogP contribution < -0.4 is 5.32 Å². The van der Waals surface area contributed by atoms with E-state index in [-0.39, 0.29) is 18.0 Å². The van der Waals surface area contributed by atoms with Gasteiger partial charge in [0.1, 0.15) is 11.9 Å². The van der Waals surface area contributed by atoms with Gasteiger partial charge in [-0.2, -0.15) is 9.57 Å². The van der Waals surface area contributed by atoms with E-state index in [0.717, 1.165) is 10.4 Å². The maximum Gasteiger partial charge on any atom is 0.244 e. The Morgan fingerprint density at radius 2 is 2.26 bits per heavy atom. The van der Waals surface area contributed by atoms with Crippen molar-refractivity contribution in [2.45, 2.75) is 17.9 Å². The van der Waals surface area contributed by atoms with Crippen LogP contribution in [0.5, 0.6) is 0 Å². The van der Waals surface area contributed by atoms with Gasteiger partial charge in [-0.3, -0.25) is 0 Å². The predicted molar refractivity (Wildman–Crippen MR) is 67.3 cm³/mol. The molecule has 1 aliphatic heterocycles. The predicted octanol–water partition coefficient (Wildman–Crippen LogP) is 0.620. The molecule has 0 spiro atoms. The molecule has 0 aliphatic carbocycles. The Kier molecular flexibility index (Phi) is 3.85. The molecule has 1 fully saturated rings. The Balaban J connectivity index is 2.41. The summed E-state index contributed by atoms with van der Waals surface area (Å²) in [5.74, 6) is -0.565. The lowest BCUT2D eigenvalue weighted by Crippen LogP contribution is -2.52. The van der Waals surface area contributed by atoms with Crippen LogP contribution in [0.25, 0.3) is 0 Å². The van der Waals surface area contributed by atoms with Crippen molar-refractivity contribution in [3.63, 3.8) is 0 Å². The molecule has 0 amide bonds. The van der Waals surface area contributed by atoms with Crippen LogP contribution in [0.4, 0.5) is 4.39 Å². The van der Waals surface area contributed by atoms with Crippen LogP contribution in [0.2, 0.25) is 0 Å². The largest absolute Gasteiger partial charge is 0.313 e. The zero-order valence-electron chi connectivity index (χ0n) is 10.4. The minimum Gasteiger partial charge on any atom is -0.313 e. The molecular weight excluding hydrogens is 269 g/mol. The van der Waals surface area contributed by atoms with Gasteiger partial charge in [0, 0.05) is 19.6 Å². The zero-order chi connectivity index (χ0) is 14.0. The summed E-state index contributed by atoms with van der Waals surface area (Å²) in [4.78, 5) is -0.113. The molecule has 1 unspecified atom stereocenters. The summed E-state index contributed by atoms with van der Waals surface area (Å²) in [6, 6.07) is 4.97. The first-order chi connectivity index (χ1) is 8.96. The van der Waals surface area contributed by atoms with E-state index in [1.165, 1.54) is 12.1 Å². The van der Waals surface area contributed by atoms with E-state index >= 15 is 0 Å². The molecule has 1 atom stereocenters. The highest BCUT2D eigenvalue weighted by Gasteiger charge is 2.33. The van der Waals surface area contributed by atoms with Crippen molar-refractivity contribution >= 4 is 10.0 Å². The summed E-state index contributed by atoms with van der Waals surface area (Å²) < 4.78 is 39.4. The smallest absolute Gasteiger partial charge is 0.244 e. The summed E-state index contributed by atoms with van der Waals surface area (Å²) in [5, 5.41) is 12.0. The van der Waals surface area contributed by atoms with Crippen molar-refractivity contribution in [3.8, 4) is 6.07 Å². The van der Waals surface area contributed by atoms with E-state index in [1.54, 1.807) is 6.92 Å². The number of nitrogens with zero attached hydrogens (tertiary/aromatic N) is 2. The lowest BCUT2D eigenvalue weighted by molar-refractivity contribution is 0.311. The highest BCUT2D eigenvalue weighted by atomic mass is 32.2. The fourth-order valence-corrected chi connectivity index (χ4v) is 3.50. The Bertz CT molecular complexity index is 624. The molecule has 0 aromatic heterocycles. The summed E-state index contributed by atoms with van der Waals surface area (Å²) in [7, 11) is -3.83. The third kappa shape index (κ3) is 2.61. The number of hydrogen-bond donors (Lipinski definition) is 1. The van der Waals surface area contributed by atoms with Crippen LogP contribution in [0.3, 0.4) is 0 Å². The Hall–Kier alpha value is -1.49. The average molecular weight is 283 g/mol. The Morgan fingerprint density at radius 3 is 2.89 bits per heavy atom. The lowest BCUT2D eigenvalue weighted by atomic mass is 10.2.